The number of halogens is 2. The van der Waals surface area contributed by atoms with Crippen molar-refractivity contribution in [1.29, 1.82) is 0 Å². The van der Waals surface area contributed by atoms with Gasteiger partial charge in [-0.15, -0.1) is 6.58 Å². The molecule has 1 fully saturated rings. The van der Waals surface area contributed by atoms with E-state index in [1.807, 2.05) is 25.1 Å². The summed E-state index contributed by atoms with van der Waals surface area (Å²) in [6.07, 6.45) is 3.57. The molecule has 7 nitrogen and oxygen atoms in total. The van der Waals surface area contributed by atoms with Crippen LogP contribution in [0.1, 0.15) is 29.2 Å². The third kappa shape index (κ3) is 6.33. The second-order valence-corrected chi connectivity index (χ2v) is 9.59. The van der Waals surface area contributed by atoms with Gasteiger partial charge in [-0.25, -0.2) is 9.69 Å². The Morgan fingerprint density at radius 3 is 2.51 bits per heavy atom. The predicted octanol–water partition coefficient (Wildman–Crippen LogP) is 6.67. The highest BCUT2D eigenvalue weighted by Gasteiger charge is 2.37. The van der Waals surface area contributed by atoms with E-state index in [9.17, 15) is 14.4 Å². The molecule has 1 aliphatic heterocycles. The van der Waals surface area contributed by atoms with Crippen molar-refractivity contribution in [2.75, 3.05) is 11.5 Å². The monoisotopic (exact) mass is 564 g/mol. The largest absolute Gasteiger partial charge is 0.490 e. The lowest BCUT2D eigenvalue weighted by Crippen LogP contribution is -2.54. The fourth-order valence-electron chi connectivity index (χ4n) is 4.06. The maximum atomic E-state index is 13.4. The molecule has 0 aromatic heterocycles. The molecule has 0 saturated carbocycles. The average molecular weight is 565 g/mol. The molecule has 3 aromatic carbocycles. The molecule has 0 bridgehead atoms. The van der Waals surface area contributed by atoms with Crippen molar-refractivity contribution in [3.63, 3.8) is 0 Å². The summed E-state index contributed by atoms with van der Waals surface area (Å²) in [6, 6.07) is 14.7. The van der Waals surface area contributed by atoms with Crippen LogP contribution in [0.4, 0.5) is 10.5 Å². The highest BCUT2D eigenvalue weighted by atomic mass is 35.5. The number of aryl methyl sites for hydroxylation is 1. The third-order valence-corrected chi connectivity index (χ3v) is 6.56. The molecule has 0 unspecified atom stereocenters. The normalized spacial score (nSPS) is 14.4. The second kappa shape index (κ2) is 12.2. The van der Waals surface area contributed by atoms with Crippen LogP contribution in [0, 0.1) is 6.92 Å². The number of carbonyl (C=O) groups excluding carboxylic acids is 3. The van der Waals surface area contributed by atoms with Gasteiger partial charge in [-0.05, 0) is 79.4 Å². The summed E-state index contributed by atoms with van der Waals surface area (Å²) in [6.45, 7) is 8.09. The summed E-state index contributed by atoms with van der Waals surface area (Å²) in [5, 5.41) is 3.22. The summed E-state index contributed by atoms with van der Waals surface area (Å²) in [4.78, 5) is 39.6. The smallest absolute Gasteiger partial charge is 0.335 e. The van der Waals surface area contributed by atoms with Crippen molar-refractivity contribution in [1.82, 2.24) is 5.32 Å². The fourth-order valence-corrected chi connectivity index (χ4v) is 4.45. The highest BCUT2D eigenvalue weighted by molar-refractivity contribution is 6.39. The Morgan fingerprint density at radius 2 is 1.82 bits per heavy atom. The summed E-state index contributed by atoms with van der Waals surface area (Å²) < 4.78 is 12.0. The Kier molecular flexibility index (Phi) is 8.74. The molecule has 1 saturated heterocycles. The maximum absolute atomic E-state index is 13.4. The summed E-state index contributed by atoms with van der Waals surface area (Å²) in [5.41, 5.74) is 2.95. The molecule has 200 valence electrons. The Balaban J connectivity index is 1.72. The minimum Gasteiger partial charge on any atom is -0.490 e. The van der Waals surface area contributed by atoms with E-state index in [2.05, 4.69) is 11.9 Å². The minimum absolute atomic E-state index is 0.217. The Labute approximate surface area is 236 Å². The lowest BCUT2D eigenvalue weighted by Gasteiger charge is -2.26. The number of nitrogens with one attached hydrogen (secondary N) is 1. The molecule has 39 heavy (non-hydrogen) atoms. The van der Waals surface area contributed by atoms with E-state index in [0.717, 1.165) is 21.6 Å². The van der Waals surface area contributed by atoms with Crippen molar-refractivity contribution in [2.45, 2.75) is 26.9 Å². The number of anilines is 1. The molecular formula is C30H26Cl2N2O5. The lowest BCUT2D eigenvalue weighted by atomic mass is 10.0. The van der Waals surface area contributed by atoms with E-state index in [0.29, 0.717) is 40.1 Å². The zero-order chi connectivity index (χ0) is 28.1. The van der Waals surface area contributed by atoms with Crippen LogP contribution in [0.25, 0.3) is 6.08 Å². The first-order chi connectivity index (χ1) is 18.7. The lowest BCUT2D eigenvalue weighted by molar-refractivity contribution is -0.122. The number of amides is 4. The number of rotatable bonds is 9. The molecule has 1 aliphatic rings. The SMILES string of the molecule is C=CCc1cc(/C=C2\C(=O)NC(=O)N(c3ccc(C)c(Cl)c3)C2=O)cc(OCC)c1OCc1cccc(Cl)c1. The number of hydrogen-bond acceptors (Lipinski definition) is 5. The first-order valence-electron chi connectivity index (χ1n) is 12.2. The zero-order valence-corrected chi connectivity index (χ0v) is 22.9. The zero-order valence-electron chi connectivity index (χ0n) is 21.4. The average Bonchev–Trinajstić information content (AvgIpc) is 2.88. The van der Waals surface area contributed by atoms with E-state index in [1.165, 1.54) is 12.1 Å². The Hall–Kier alpha value is -4.07. The number of barbiturate groups is 1. The van der Waals surface area contributed by atoms with E-state index in [1.54, 1.807) is 43.3 Å². The molecule has 1 N–H and O–H groups in total. The van der Waals surface area contributed by atoms with Crippen LogP contribution in [-0.2, 0) is 22.6 Å². The fraction of sp³-hybridized carbons (Fsp3) is 0.167. The molecule has 0 radical (unpaired) electrons. The number of allylic oxidation sites excluding steroid dienone is 1. The standard InChI is InChI=1S/C30H26Cl2N2O5/c1-4-7-21-12-20(15-26(38-5-2)27(21)39-17-19-8-6-9-22(31)13-19)14-24-28(35)33-30(37)34(29(24)36)23-11-10-18(3)25(32)16-23/h4,6,8-16H,1,5,7,17H2,2-3H3,(H,33,35,37)/b24-14+. The van der Waals surface area contributed by atoms with Gasteiger partial charge >= 0.3 is 6.03 Å². The van der Waals surface area contributed by atoms with E-state index >= 15 is 0 Å². The van der Waals surface area contributed by atoms with Gasteiger partial charge in [0, 0.05) is 15.6 Å². The van der Waals surface area contributed by atoms with Crippen LogP contribution in [0.2, 0.25) is 10.0 Å². The molecule has 1 heterocycles. The van der Waals surface area contributed by atoms with Crippen molar-refractivity contribution in [2.24, 2.45) is 0 Å². The van der Waals surface area contributed by atoms with Gasteiger partial charge in [0.1, 0.15) is 12.2 Å². The molecule has 0 spiro atoms. The number of carbonyl (C=O) groups is 3. The molecule has 4 rings (SSSR count). The number of hydrogen-bond donors (Lipinski definition) is 1. The third-order valence-electron chi connectivity index (χ3n) is 5.92. The molecule has 9 heteroatoms. The summed E-state index contributed by atoms with van der Waals surface area (Å²) in [5.74, 6) is -0.616. The van der Waals surface area contributed by atoms with Crippen LogP contribution >= 0.6 is 23.2 Å². The molecule has 3 aromatic rings. The van der Waals surface area contributed by atoms with Crippen LogP contribution in [0.15, 0.2) is 72.8 Å². The maximum Gasteiger partial charge on any atom is 0.335 e. The number of nitrogens with zero attached hydrogens (tertiary/aromatic N) is 1. The summed E-state index contributed by atoms with van der Waals surface area (Å²) in [7, 11) is 0. The van der Waals surface area contributed by atoms with Crippen LogP contribution in [-0.4, -0.2) is 24.5 Å². The number of ether oxygens (including phenoxy) is 2. The van der Waals surface area contributed by atoms with E-state index < -0.39 is 17.8 Å². The Morgan fingerprint density at radius 1 is 1.03 bits per heavy atom. The van der Waals surface area contributed by atoms with Gasteiger partial charge in [0.2, 0.25) is 0 Å². The van der Waals surface area contributed by atoms with Crippen molar-refractivity contribution >= 4 is 52.8 Å². The van der Waals surface area contributed by atoms with Crippen molar-refractivity contribution in [3.05, 3.63) is 105 Å². The van der Waals surface area contributed by atoms with Gasteiger partial charge in [0.15, 0.2) is 11.5 Å². The Bertz CT molecular complexity index is 1500. The van der Waals surface area contributed by atoms with Crippen molar-refractivity contribution in [3.8, 4) is 11.5 Å². The molecule has 0 atom stereocenters. The van der Waals surface area contributed by atoms with Gasteiger partial charge in [-0.1, -0.05) is 47.5 Å². The van der Waals surface area contributed by atoms with Gasteiger partial charge in [0.05, 0.1) is 12.3 Å². The summed E-state index contributed by atoms with van der Waals surface area (Å²) >= 11 is 12.3. The number of benzene rings is 3. The predicted molar refractivity (Wildman–Crippen MR) is 152 cm³/mol. The topological polar surface area (TPSA) is 84.9 Å². The van der Waals surface area contributed by atoms with Gasteiger partial charge in [-0.3, -0.25) is 14.9 Å². The van der Waals surface area contributed by atoms with Gasteiger partial charge in [-0.2, -0.15) is 0 Å². The molecule has 4 amide bonds. The first-order valence-corrected chi connectivity index (χ1v) is 12.9. The number of urea groups is 1. The quantitative estimate of drug-likeness (QED) is 0.178. The van der Waals surface area contributed by atoms with Gasteiger partial charge in [0.25, 0.3) is 11.8 Å². The minimum atomic E-state index is -0.853. The molecular weight excluding hydrogens is 539 g/mol. The van der Waals surface area contributed by atoms with Gasteiger partial charge < -0.3 is 9.47 Å². The van der Waals surface area contributed by atoms with Crippen molar-refractivity contribution < 1.29 is 23.9 Å². The highest BCUT2D eigenvalue weighted by Crippen LogP contribution is 2.36. The first kappa shape index (κ1) is 28.0. The van der Waals surface area contributed by atoms with E-state index in [-0.39, 0.29) is 17.9 Å². The number of imide groups is 2. The molecule has 0 aliphatic carbocycles. The van der Waals surface area contributed by atoms with Crippen LogP contribution in [0.3, 0.4) is 0 Å². The van der Waals surface area contributed by atoms with Crippen LogP contribution < -0.4 is 19.7 Å². The van der Waals surface area contributed by atoms with Crippen LogP contribution in [0.5, 0.6) is 11.5 Å². The van der Waals surface area contributed by atoms with E-state index in [4.69, 9.17) is 32.7 Å². The second-order valence-electron chi connectivity index (χ2n) is 8.74.